The molecule has 1 saturated heterocycles. The highest BCUT2D eigenvalue weighted by atomic mass is 32.2. The summed E-state index contributed by atoms with van der Waals surface area (Å²) in [6.45, 7) is 5.02. The third kappa shape index (κ3) is 3.78. The predicted octanol–water partition coefficient (Wildman–Crippen LogP) is 3.77. The van der Waals surface area contributed by atoms with Gasteiger partial charge in [0.2, 0.25) is 0 Å². The fourth-order valence-electron chi connectivity index (χ4n) is 4.95. The van der Waals surface area contributed by atoms with Crippen LogP contribution in [0, 0.1) is 12.3 Å². The van der Waals surface area contributed by atoms with Crippen LogP contribution in [-0.2, 0) is 6.42 Å². The maximum absolute atomic E-state index is 12.4. The predicted molar refractivity (Wildman–Crippen MR) is 124 cm³/mol. The molecule has 1 atom stereocenters. The van der Waals surface area contributed by atoms with Crippen molar-refractivity contribution in [3.8, 4) is 0 Å². The first kappa shape index (κ1) is 21.0. The van der Waals surface area contributed by atoms with E-state index in [0.717, 1.165) is 37.4 Å². The number of Topliss-reactive ketones (excluding diaryl/α,β-unsaturated/α-hetero) is 1. The SMILES string of the molecule is CC(=O)c1nc(Sc2ccnc(C)n2)cnc1N1CCC2(CC1)Cc1ccccc1[C@H]2N. The normalized spacial score (nSPS) is 19.2. The minimum atomic E-state index is -0.0842. The number of piperidine rings is 1. The average molecular weight is 447 g/mol. The van der Waals surface area contributed by atoms with E-state index in [2.05, 4.69) is 49.1 Å². The second kappa shape index (κ2) is 8.26. The van der Waals surface area contributed by atoms with E-state index in [1.54, 1.807) is 19.3 Å². The lowest BCUT2D eigenvalue weighted by Gasteiger charge is -2.42. The van der Waals surface area contributed by atoms with Gasteiger partial charge in [-0.05, 0) is 60.6 Å². The number of hydrogen-bond acceptors (Lipinski definition) is 8. The molecule has 8 heteroatoms. The molecule has 3 heterocycles. The van der Waals surface area contributed by atoms with Gasteiger partial charge in [0.1, 0.15) is 21.6 Å². The number of nitrogens with two attached hydrogens (primary N) is 1. The topological polar surface area (TPSA) is 97.9 Å². The zero-order valence-electron chi connectivity index (χ0n) is 18.3. The van der Waals surface area contributed by atoms with Crippen LogP contribution in [0.2, 0.25) is 0 Å². The first-order chi connectivity index (χ1) is 15.4. The number of hydrogen-bond donors (Lipinski definition) is 1. The molecule has 0 bridgehead atoms. The molecule has 3 aromatic rings. The monoisotopic (exact) mass is 446 g/mol. The van der Waals surface area contributed by atoms with Crippen molar-refractivity contribution in [1.82, 2.24) is 19.9 Å². The number of carbonyl (C=O) groups excluding carboxylic acids is 1. The lowest BCUT2D eigenvalue weighted by atomic mass is 9.73. The Morgan fingerprint density at radius 2 is 1.91 bits per heavy atom. The minimum Gasteiger partial charge on any atom is -0.355 e. The minimum absolute atomic E-state index is 0.0642. The quantitative estimate of drug-likeness (QED) is 0.478. The second-order valence-electron chi connectivity index (χ2n) is 8.68. The third-order valence-corrected chi connectivity index (χ3v) is 7.52. The molecule has 1 fully saturated rings. The van der Waals surface area contributed by atoms with Crippen molar-refractivity contribution >= 4 is 23.4 Å². The van der Waals surface area contributed by atoms with Crippen LogP contribution < -0.4 is 10.6 Å². The highest BCUT2D eigenvalue weighted by Gasteiger charge is 2.46. The van der Waals surface area contributed by atoms with Crippen molar-refractivity contribution in [3.05, 3.63) is 65.4 Å². The van der Waals surface area contributed by atoms with Gasteiger partial charge in [0.05, 0.1) is 6.20 Å². The van der Waals surface area contributed by atoms with Crippen molar-refractivity contribution in [2.24, 2.45) is 11.1 Å². The highest BCUT2D eigenvalue weighted by Crippen LogP contribution is 2.51. The molecule has 1 aliphatic carbocycles. The Morgan fingerprint density at radius 3 is 2.62 bits per heavy atom. The van der Waals surface area contributed by atoms with Gasteiger partial charge in [0.25, 0.3) is 0 Å². The molecule has 1 spiro atoms. The molecule has 2 aromatic heterocycles. The van der Waals surface area contributed by atoms with Crippen molar-refractivity contribution in [2.45, 2.75) is 49.2 Å². The molecular formula is C24H26N6OS. The smallest absolute Gasteiger partial charge is 0.181 e. The first-order valence-corrected chi connectivity index (χ1v) is 11.7. The van der Waals surface area contributed by atoms with E-state index in [4.69, 9.17) is 5.73 Å². The summed E-state index contributed by atoms with van der Waals surface area (Å²) >= 11 is 1.39. The number of carbonyl (C=O) groups is 1. The lowest BCUT2D eigenvalue weighted by Crippen LogP contribution is -2.45. The summed E-state index contributed by atoms with van der Waals surface area (Å²) in [4.78, 5) is 32.4. The van der Waals surface area contributed by atoms with Crippen LogP contribution in [0.5, 0.6) is 0 Å². The van der Waals surface area contributed by atoms with Crippen LogP contribution in [0.15, 0.2) is 52.8 Å². The van der Waals surface area contributed by atoms with Crippen LogP contribution in [0.25, 0.3) is 0 Å². The Balaban J connectivity index is 1.35. The van der Waals surface area contributed by atoms with Gasteiger partial charge in [0, 0.05) is 32.3 Å². The second-order valence-corrected chi connectivity index (χ2v) is 9.72. The largest absolute Gasteiger partial charge is 0.355 e. The molecule has 0 radical (unpaired) electrons. The van der Waals surface area contributed by atoms with Gasteiger partial charge in [-0.3, -0.25) is 4.79 Å². The Labute approximate surface area is 191 Å². The molecule has 0 saturated carbocycles. The van der Waals surface area contributed by atoms with Crippen LogP contribution in [0.1, 0.15) is 53.2 Å². The van der Waals surface area contributed by atoms with E-state index < -0.39 is 0 Å². The van der Waals surface area contributed by atoms with Crippen LogP contribution >= 0.6 is 11.8 Å². The van der Waals surface area contributed by atoms with Crippen molar-refractivity contribution in [2.75, 3.05) is 18.0 Å². The first-order valence-electron chi connectivity index (χ1n) is 10.9. The molecule has 1 aromatic carbocycles. The van der Waals surface area contributed by atoms with Gasteiger partial charge in [-0.15, -0.1) is 0 Å². The molecule has 7 nitrogen and oxygen atoms in total. The third-order valence-electron chi connectivity index (χ3n) is 6.68. The van der Waals surface area contributed by atoms with Gasteiger partial charge in [-0.25, -0.2) is 19.9 Å². The summed E-state index contributed by atoms with van der Waals surface area (Å²) < 4.78 is 0. The lowest BCUT2D eigenvalue weighted by molar-refractivity contribution is 0.101. The van der Waals surface area contributed by atoms with E-state index in [-0.39, 0.29) is 17.2 Å². The summed E-state index contributed by atoms with van der Waals surface area (Å²) in [5.41, 5.74) is 9.87. The van der Waals surface area contributed by atoms with E-state index in [9.17, 15) is 4.79 Å². The number of aromatic nitrogens is 4. The van der Waals surface area contributed by atoms with Crippen LogP contribution in [0.3, 0.4) is 0 Å². The molecule has 1 aliphatic heterocycles. The Morgan fingerprint density at radius 1 is 1.12 bits per heavy atom. The number of aryl methyl sites for hydroxylation is 1. The number of ketones is 1. The van der Waals surface area contributed by atoms with Gasteiger partial charge < -0.3 is 10.6 Å². The van der Waals surface area contributed by atoms with Crippen LogP contribution in [-0.4, -0.2) is 38.8 Å². The molecular weight excluding hydrogens is 420 g/mol. The fourth-order valence-corrected chi connectivity index (χ4v) is 5.71. The molecule has 164 valence electrons. The summed E-state index contributed by atoms with van der Waals surface area (Å²) in [6, 6.07) is 10.4. The summed E-state index contributed by atoms with van der Waals surface area (Å²) in [7, 11) is 0. The maximum Gasteiger partial charge on any atom is 0.181 e. The Bertz CT molecular complexity index is 1170. The number of nitrogens with zero attached hydrogens (tertiary/aromatic N) is 5. The van der Waals surface area contributed by atoms with Gasteiger partial charge >= 0.3 is 0 Å². The average Bonchev–Trinajstić information content (AvgIpc) is 3.06. The Hall–Kier alpha value is -2.84. The summed E-state index contributed by atoms with van der Waals surface area (Å²) in [5, 5.41) is 1.43. The van der Waals surface area contributed by atoms with Crippen molar-refractivity contribution in [3.63, 3.8) is 0 Å². The van der Waals surface area contributed by atoms with Crippen LogP contribution in [0.4, 0.5) is 5.82 Å². The molecule has 0 unspecified atom stereocenters. The van der Waals surface area contributed by atoms with E-state index in [1.165, 1.54) is 22.9 Å². The standard InChI is InChI=1S/C24H26N6OS/c1-15(31)21-23(27-14-20(29-21)32-19-7-10-26-16(2)28-19)30-11-8-24(9-12-30)13-17-5-3-4-6-18(17)22(24)25/h3-7,10,14,22H,8-9,11-13,25H2,1-2H3/t22-/m1/s1. The molecule has 2 aliphatic rings. The van der Waals surface area contributed by atoms with E-state index >= 15 is 0 Å². The van der Waals surface area contributed by atoms with E-state index in [0.29, 0.717) is 22.4 Å². The molecule has 32 heavy (non-hydrogen) atoms. The van der Waals surface area contributed by atoms with Crippen molar-refractivity contribution < 1.29 is 4.79 Å². The molecule has 5 rings (SSSR count). The number of fused-ring (bicyclic) bond motifs is 1. The maximum atomic E-state index is 12.4. The highest BCUT2D eigenvalue weighted by molar-refractivity contribution is 7.99. The van der Waals surface area contributed by atoms with Crippen molar-refractivity contribution in [1.29, 1.82) is 0 Å². The number of benzene rings is 1. The van der Waals surface area contributed by atoms with Gasteiger partial charge in [-0.1, -0.05) is 24.3 Å². The molecule has 0 amide bonds. The summed E-state index contributed by atoms with van der Waals surface area (Å²) in [5.74, 6) is 1.28. The van der Waals surface area contributed by atoms with Gasteiger partial charge in [0.15, 0.2) is 11.6 Å². The fraction of sp³-hybridized carbons (Fsp3) is 0.375. The number of rotatable bonds is 4. The molecule has 2 N–H and O–H groups in total. The van der Waals surface area contributed by atoms with Gasteiger partial charge in [-0.2, -0.15) is 0 Å². The zero-order valence-corrected chi connectivity index (χ0v) is 19.1. The number of anilines is 1. The van der Waals surface area contributed by atoms with E-state index in [1.807, 2.05) is 13.0 Å². The summed E-state index contributed by atoms with van der Waals surface area (Å²) in [6.07, 6.45) is 6.41. The Kier molecular flexibility index (Phi) is 5.43. The zero-order chi connectivity index (χ0) is 22.3.